The number of piperazine rings is 1. The number of thiazole rings is 1. The maximum Gasteiger partial charge on any atom is 0.420 e. The van der Waals surface area contributed by atoms with Gasteiger partial charge in [0.25, 0.3) is 5.82 Å². The molecule has 2 amide bonds. The minimum absolute atomic E-state index is 0.142. The van der Waals surface area contributed by atoms with Crippen LogP contribution in [-0.2, 0) is 0 Å². The lowest BCUT2D eigenvalue weighted by Crippen LogP contribution is -2.60. The predicted octanol–water partition coefficient (Wildman–Crippen LogP) is 3.58. The first-order chi connectivity index (χ1) is 14.8. The fraction of sp³-hybridized carbons (Fsp3) is 0.522. The number of rotatable bonds is 4. The van der Waals surface area contributed by atoms with Gasteiger partial charge in [-0.05, 0) is 38.1 Å². The summed E-state index contributed by atoms with van der Waals surface area (Å²) >= 11 is 1.64. The van der Waals surface area contributed by atoms with Gasteiger partial charge in [0.1, 0.15) is 11.0 Å². The van der Waals surface area contributed by atoms with Crippen molar-refractivity contribution in [2.24, 2.45) is 11.7 Å². The van der Waals surface area contributed by atoms with E-state index in [-0.39, 0.29) is 16.6 Å². The number of aromatic nitrogens is 1. The molecule has 7 nitrogen and oxygen atoms in total. The van der Waals surface area contributed by atoms with E-state index in [0.29, 0.717) is 12.5 Å². The Labute approximate surface area is 188 Å². The van der Waals surface area contributed by atoms with Crippen LogP contribution in [0.3, 0.4) is 0 Å². The molecule has 0 bridgehead atoms. The summed E-state index contributed by atoms with van der Waals surface area (Å²) in [5, 5.41) is 9.80. The standard InChI is InChI=1S/C23H30N6OS/c1-16-14-17(2)29(15-16,23(25)30)21-18(3)31-22(26-21)19-4-6-20(7-5-19)28-12-10-27(9-8-24)11-13-28/h4-7,16-17H,9-15H2,1-3H3,(H-,25,30)/p+1/t16-,17?,29?/m0/s1. The van der Waals surface area contributed by atoms with Crippen LogP contribution in [0.15, 0.2) is 24.3 Å². The number of primary amides is 1. The smallest absolute Gasteiger partial charge is 0.369 e. The maximum absolute atomic E-state index is 12.6. The normalized spacial score (nSPS) is 26.7. The van der Waals surface area contributed by atoms with Gasteiger partial charge in [-0.2, -0.15) is 14.7 Å². The van der Waals surface area contributed by atoms with E-state index in [1.54, 1.807) is 11.3 Å². The number of hydrogen-bond acceptors (Lipinski definition) is 6. The van der Waals surface area contributed by atoms with Crippen molar-refractivity contribution in [3.63, 3.8) is 0 Å². The number of nitriles is 1. The van der Waals surface area contributed by atoms with Gasteiger partial charge in [0.15, 0.2) is 0 Å². The number of urea groups is 1. The highest BCUT2D eigenvalue weighted by atomic mass is 32.1. The molecule has 2 fully saturated rings. The summed E-state index contributed by atoms with van der Waals surface area (Å²) in [6.07, 6.45) is 0.978. The first kappa shape index (κ1) is 21.8. The van der Waals surface area contributed by atoms with Crippen LogP contribution in [0.2, 0.25) is 0 Å². The van der Waals surface area contributed by atoms with E-state index < -0.39 is 0 Å². The van der Waals surface area contributed by atoms with Crippen LogP contribution >= 0.6 is 11.3 Å². The Balaban J connectivity index is 1.55. The van der Waals surface area contributed by atoms with Gasteiger partial charge >= 0.3 is 6.03 Å². The highest BCUT2D eigenvalue weighted by molar-refractivity contribution is 7.15. The molecule has 1 aromatic heterocycles. The Hall–Kier alpha value is -2.47. The third kappa shape index (κ3) is 3.93. The van der Waals surface area contributed by atoms with Crippen molar-refractivity contribution < 1.29 is 4.79 Å². The van der Waals surface area contributed by atoms with Crippen molar-refractivity contribution in [3.8, 4) is 16.6 Å². The number of quaternary nitrogens is 1. The molecule has 3 heterocycles. The van der Waals surface area contributed by atoms with E-state index in [1.165, 1.54) is 5.69 Å². The highest BCUT2D eigenvalue weighted by Gasteiger charge is 2.52. The molecule has 2 aliphatic rings. The number of carbonyl (C=O) groups is 1. The average Bonchev–Trinajstić information content (AvgIpc) is 3.28. The lowest BCUT2D eigenvalue weighted by molar-refractivity contribution is 0.203. The summed E-state index contributed by atoms with van der Waals surface area (Å²) < 4.78 is 0.161. The maximum atomic E-state index is 12.6. The van der Waals surface area contributed by atoms with Gasteiger partial charge < -0.3 is 10.6 Å². The molecule has 0 radical (unpaired) electrons. The van der Waals surface area contributed by atoms with Crippen molar-refractivity contribution in [1.29, 1.82) is 5.26 Å². The zero-order valence-electron chi connectivity index (χ0n) is 18.5. The van der Waals surface area contributed by atoms with Gasteiger partial charge in [-0.15, -0.1) is 11.3 Å². The number of carbonyl (C=O) groups excluding carboxylic acids is 1. The minimum atomic E-state index is -0.303. The molecule has 2 saturated heterocycles. The van der Waals surface area contributed by atoms with Crippen LogP contribution in [0.4, 0.5) is 16.3 Å². The Morgan fingerprint density at radius 3 is 2.48 bits per heavy atom. The van der Waals surface area contributed by atoms with Gasteiger partial charge in [-0.1, -0.05) is 6.92 Å². The van der Waals surface area contributed by atoms with E-state index in [4.69, 9.17) is 16.0 Å². The molecule has 4 rings (SSSR count). The fourth-order valence-corrected chi connectivity index (χ4v) is 6.15. The number of nitrogens with two attached hydrogens (primary N) is 1. The largest absolute Gasteiger partial charge is 0.420 e. The van der Waals surface area contributed by atoms with Crippen molar-refractivity contribution in [3.05, 3.63) is 29.1 Å². The molecule has 3 atom stereocenters. The summed E-state index contributed by atoms with van der Waals surface area (Å²) in [6, 6.07) is 10.6. The third-order valence-electron chi connectivity index (χ3n) is 6.78. The molecular weight excluding hydrogens is 408 g/mol. The molecule has 1 aromatic carbocycles. The van der Waals surface area contributed by atoms with E-state index in [0.717, 1.165) is 60.4 Å². The van der Waals surface area contributed by atoms with Crippen LogP contribution in [0.1, 0.15) is 25.1 Å². The Morgan fingerprint density at radius 1 is 1.26 bits per heavy atom. The molecular formula is C23H31N6OS+. The summed E-state index contributed by atoms with van der Waals surface area (Å²) in [5.74, 6) is 1.27. The molecule has 2 aliphatic heterocycles. The second-order valence-corrected chi connectivity index (χ2v) is 10.1. The SMILES string of the molecule is Cc1sc(-c2ccc(N3CCN(CC#N)CC3)cc2)nc1[N+]1(C(N)=O)C[C@@H](C)CC1C. The van der Waals surface area contributed by atoms with E-state index >= 15 is 0 Å². The topological polar surface area (TPSA) is 86.2 Å². The molecule has 31 heavy (non-hydrogen) atoms. The van der Waals surface area contributed by atoms with Crippen molar-refractivity contribution >= 4 is 28.9 Å². The van der Waals surface area contributed by atoms with Crippen LogP contribution in [0.25, 0.3) is 10.6 Å². The predicted molar refractivity (Wildman–Crippen MR) is 126 cm³/mol. The fourth-order valence-electron chi connectivity index (χ4n) is 5.18. The number of nitrogens with zero attached hydrogens (tertiary/aromatic N) is 5. The van der Waals surface area contributed by atoms with E-state index in [2.05, 4.69) is 54.0 Å². The molecule has 8 heteroatoms. The number of anilines is 1. The number of benzene rings is 1. The molecule has 164 valence electrons. The Bertz CT molecular complexity index is 988. The first-order valence-electron chi connectivity index (χ1n) is 11.0. The van der Waals surface area contributed by atoms with Gasteiger partial charge in [0.2, 0.25) is 0 Å². The summed E-state index contributed by atoms with van der Waals surface area (Å²) in [6.45, 7) is 11.2. The number of hydrogen-bond donors (Lipinski definition) is 1. The van der Waals surface area contributed by atoms with E-state index in [9.17, 15) is 4.79 Å². The molecule has 0 aliphatic carbocycles. The van der Waals surface area contributed by atoms with Crippen LogP contribution < -0.4 is 15.1 Å². The van der Waals surface area contributed by atoms with Crippen molar-refractivity contribution in [1.82, 2.24) is 14.4 Å². The molecule has 0 spiro atoms. The van der Waals surface area contributed by atoms with Gasteiger partial charge in [0, 0.05) is 49.8 Å². The molecule has 2 aromatic rings. The first-order valence-corrected chi connectivity index (χ1v) is 11.8. The average molecular weight is 440 g/mol. The van der Waals surface area contributed by atoms with Gasteiger partial charge in [-0.25, -0.2) is 4.79 Å². The third-order valence-corrected chi connectivity index (χ3v) is 7.79. The molecule has 0 saturated carbocycles. The van der Waals surface area contributed by atoms with Crippen molar-refractivity contribution in [2.45, 2.75) is 33.2 Å². The van der Waals surface area contributed by atoms with Crippen LogP contribution in [-0.4, -0.2) is 61.2 Å². The van der Waals surface area contributed by atoms with Crippen LogP contribution in [0, 0.1) is 24.2 Å². The minimum Gasteiger partial charge on any atom is -0.369 e. The van der Waals surface area contributed by atoms with E-state index in [1.807, 2.05) is 6.92 Å². The molecule has 2 N–H and O–H groups in total. The zero-order chi connectivity index (χ0) is 22.2. The number of aryl methyl sites for hydroxylation is 1. The Morgan fingerprint density at radius 2 is 1.94 bits per heavy atom. The quantitative estimate of drug-likeness (QED) is 0.581. The lowest BCUT2D eigenvalue weighted by atomic mass is 10.1. The van der Waals surface area contributed by atoms with Gasteiger partial charge in [0.05, 0.1) is 24.0 Å². The van der Waals surface area contributed by atoms with Crippen molar-refractivity contribution in [2.75, 3.05) is 44.2 Å². The number of likely N-dealkylation sites (tertiary alicyclic amines) is 1. The summed E-state index contributed by atoms with van der Waals surface area (Å²) in [5.41, 5.74) is 8.19. The summed E-state index contributed by atoms with van der Waals surface area (Å²) in [7, 11) is 0. The number of amides is 2. The Kier molecular flexibility index (Phi) is 6.02. The monoisotopic (exact) mass is 439 g/mol. The highest BCUT2D eigenvalue weighted by Crippen LogP contribution is 2.42. The molecule has 2 unspecified atom stereocenters. The second kappa shape index (κ2) is 8.58. The van der Waals surface area contributed by atoms with Crippen LogP contribution in [0.5, 0.6) is 0 Å². The summed E-state index contributed by atoms with van der Waals surface area (Å²) in [4.78, 5) is 23.1. The van der Waals surface area contributed by atoms with Gasteiger partial charge in [-0.3, -0.25) is 4.90 Å². The zero-order valence-corrected chi connectivity index (χ0v) is 19.4. The second-order valence-electron chi connectivity index (χ2n) is 8.95. The lowest BCUT2D eigenvalue weighted by Gasteiger charge is -2.34.